The molecule has 1 spiro atoms. The second kappa shape index (κ2) is 11.0. The number of para-hydroxylation sites is 1. The van der Waals surface area contributed by atoms with E-state index in [4.69, 9.17) is 0 Å². The average Bonchev–Trinajstić information content (AvgIpc) is 3.69. The third kappa shape index (κ3) is 3.78. The Labute approximate surface area is 304 Å². The van der Waals surface area contributed by atoms with Crippen molar-refractivity contribution in [1.82, 2.24) is 0 Å². The lowest BCUT2D eigenvalue weighted by atomic mass is 9.68. The maximum absolute atomic E-state index is 2.52. The fourth-order valence-corrected chi connectivity index (χ4v) is 9.74. The van der Waals surface area contributed by atoms with Crippen LogP contribution < -0.4 is 4.90 Å². The molecule has 0 atom stereocenters. The topological polar surface area (TPSA) is 3.24 Å². The van der Waals surface area contributed by atoms with E-state index in [1.807, 2.05) is 0 Å². The molecule has 9 aromatic rings. The predicted octanol–water partition coefficient (Wildman–Crippen LogP) is 13.5. The van der Waals surface area contributed by atoms with E-state index < -0.39 is 5.41 Å². The zero-order valence-electron chi connectivity index (χ0n) is 29.0. The molecule has 11 rings (SSSR count). The van der Waals surface area contributed by atoms with E-state index in [-0.39, 0.29) is 0 Å². The number of rotatable bonds is 4. The molecule has 1 heteroatoms. The lowest BCUT2D eigenvalue weighted by molar-refractivity contribution is 0.809. The highest BCUT2D eigenvalue weighted by molar-refractivity contribution is 6.22. The van der Waals surface area contributed by atoms with Crippen molar-refractivity contribution in [3.05, 3.63) is 210 Å². The molecule has 2 aliphatic rings. The monoisotopic (exact) mass is 661 g/mol. The van der Waals surface area contributed by atoms with Gasteiger partial charge in [0.2, 0.25) is 0 Å². The molecule has 0 saturated heterocycles. The predicted molar refractivity (Wildman–Crippen MR) is 219 cm³/mol. The van der Waals surface area contributed by atoms with Gasteiger partial charge in [-0.15, -0.1) is 0 Å². The van der Waals surface area contributed by atoms with Crippen molar-refractivity contribution in [3.8, 4) is 22.3 Å². The molecule has 0 heterocycles. The lowest BCUT2D eigenvalue weighted by Crippen LogP contribution is -2.26. The first kappa shape index (κ1) is 29.3. The van der Waals surface area contributed by atoms with E-state index >= 15 is 0 Å². The van der Waals surface area contributed by atoms with Crippen LogP contribution in [0.4, 0.5) is 17.1 Å². The molecule has 0 bridgehead atoms. The third-order valence-electron chi connectivity index (χ3n) is 11.8. The van der Waals surface area contributed by atoms with Gasteiger partial charge in [0.25, 0.3) is 0 Å². The molecule has 0 fully saturated rings. The summed E-state index contributed by atoms with van der Waals surface area (Å²) in [6, 6.07) is 68.2. The fourth-order valence-electron chi connectivity index (χ4n) is 9.74. The van der Waals surface area contributed by atoms with Crippen LogP contribution in [0.15, 0.2) is 182 Å². The number of hydrogen-bond acceptors (Lipinski definition) is 1. The Morgan fingerprint density at radius 1 is 0.404 bits per heavy atom. The number of anilines is 3. The SMILES string of the molecule is CCc1ccc(N(c2ccccc2)c2cc3c(c4ccccc24)C2(c4ccccc4-c4ccccc42)c2c-3c3ccccc3c3ccccc23)cc1. The second-order valence-electron chi connectivity index (χ2n) is 14.2. The van der Waals surface area contributed by atoms with E-state index in [0.717, 1.165) is 17.8 Å². The summed E-state index contributed by atoms with van der Waals surface area (Å²) in [5.74, 6) is 0. The summed E-state index contributed by atoms with van der Waals surface area (Å²) in [5, 5.41) is 7.75. The van der Waals surface area contributed by atoms with E-state index in [9.17, 15) is 0 Å². The standard InChI is InChI=1S/C51H35N/c1-2-33-28-30-35(31-29-33)52(34-16-4-3-5-17-34)47-32-44-48-41-23-9-6-18-36(41)37-19-7-10-24-42(37)50(48)51(49(44)43-25-11-8-22-40(43)47)45-26-14-12-20-38(45)39-21-13-15-27-46(39)51/h3-32H,2H2,1H3. The van der Waals surface area contributed by atoms with Gasteiger partial charge in [0, 0.05) is 16.8 Å². The smallest absolute Gasteiger partial charge is 0.0737 e. The van der Waals surface area contributed by atoms with Gasteiger partial charge in [0.15, 0.2) is 0 Å². The van der Waals surface area contributed by atoms with Crippen LogP contribution in [0.1, 0.15) is 34.7 Å². The van der Waals surface area contributed by atoms with Crippen LogP contribution in [0.25, 0.3) is 54.6 Å². The van der Waals surface area contributed by atoms with Gasteiger partial charge in [-0.25, -0.2) is 0 Å². The summed E-state index contributed by atoms with van der Waals surface area (Å²) in [5.41, 5.74) is 15.1. The minimum absolute atomic E-state index is 0.500. The van der Waals surface area contributed by atoms with Crippen molar-refractivity contribution < 1.29 is 0 Å². The van der Waals surface area contributed by atoms with Crippen molar-refractivity contribution in [3.63, 3.8) is 0 Å². The molecule has 0 unspecified atom stereocenters. The Hall–Kier alpha value is -6.44. The highest BCUT2D eigenvalue weighted by atomic mass is 15.1. The lowest BCUT2D eigenvalue weighted by Gasteiger charge is -2.33. The second-order valence-corrected chi connectivity index (χ2v) is 14.2. The van der Waals surface area contributed by atoms with Crippen LogP contribution in [-0.4, -0.2) is 0 Å². The normalized spacial score (nSPS) is 13.3. The molecule has 1 nitrogen and oxygen atoms in total. The number of fused-ring (bicyclic) bond motifs is 17. The average molecular weight is 662 g/mol. The Bertz CT molecular complexity index is 2840. The summed E-state index contributed by atoms with van der Waals surface area (Å²) in [6.07, 6.45) is 1.01. The van der Waals surface area contributed by atoms with Gasteiger partial charge in [-0.05, 0) is 114 Å². The van der Waals surface area contributed by atoms with Crippen molar-refractivity contribution in [1.29, 1.82) is 0 Å². The van der Waals surface area contributed by atoms with Crippen LogP contribution in [0, 0.1) is 0 Å². The maximum Gasteiger partial charge on any atom is 0.0737 e. The molecule has 0 N–H and O–H groups in total. The number of hydrogen-bond donors (Lipinski definition) is 0. The molecule has 0 amide bonds. The van der Waals surface area contributed by atoms with E-state index in [1.54, 1.807) is 0 Å². The van der Waals surface area contributed by atoms with Gasteiger partial charge in [-0.3, -0.25) is 0 Å². The molecule has 2 aliphatic carbocycles. The highest BCUT2D eigenvalue weighted by Crippen LogP contribution is 2.67. The summed E-state index contributed by atoms with van der Waals surface area (Å²) >= 11 is 0. The van der Waals surface area contributed by atoms with E-state index in [0.29, 0.717) is 0 Å². The van der Waals surface area contributed by atoms with Gasteiger partial charge in [-0.2, -0.15) is 0 Å². The molecule has 9 aromatic carbocycles. The zero-order chi connectivity index (χ0) is 34.4. The van der Waals surface area contributed by atoms with Crippen LogP contribution in [0.3, 0.4) is 0 Å². The maximum atomic E-state index is 2.52. The van der Waals surface area contributed by atoms with Gasteiger partial charge < -0.3 is 4.90 Å². The fraction of sp³-hybridized carbons (Fsp3) is 0.0588. The molecule has 0 aliphatic heterocycles. The molecule has 0 aromatic heterocycles. The van der Waals surface area contributed by atoms with Crippen molar-refractivity contribution in [2.24, 2.45) is 0 Å². The summed E-state index contributed by atoms with van der Waals surface area (Å²) in [7, 11) is 0. The largest absolute Gasteiger partial charge is 0.310 e. The molecule has 52 heavy (non-hydrogen) atoms. The van der Waals surface area contributed by atoms with Gasteiger partial charge in [0.1, 0.15) is 0 Å². The Morgan fingerprint density at radius 2 is 0.885 bits per heavy atom. The van der Waals surface area contributed by atoms with Crippen LogP contribution in [0.5, 0.6) is 0 Å². The highest BCUT2D eigenvalue weighted by Gasteiger charge is 2.54. The Balaban J connectivity index is 1.37. The summed E-state index contributed by atoms with van der Waals surface area (Å²) in [4.78, 5) is 2.46. The van der Waals surface area contributed by atoms with Crippen LogP contribution in [-0.2, 0) is 11.8 Å². The Morgan fingerprint density at radius 3 is 1.52 bits per heavy atom. The summed E-state index contributed by atoms with van der Waals surface area (Å²) < 4.78 is 0. The van der Waals surface area contributed by atoms with Crippen LogP contribution >= 0.6 is 0 Å². The molecular formula is C51H35N. The minimum atomic E-state index is -0.500. The number of benzene rings is 9. The van der Waals surface area contributed by atoms with Crippen molar-refractivity contribution >= 4 is 49.4 Å². The zero-order valence-corrected chi connectivity index (χ0v) is 29.0. The molecule has 0 saturated carbocycles. The quantitative estimate of drug-likeness (QED) is 0.170. The first-order valence-corrected chi connectivity index (χ1v) is 18.4. The molecule has 0 radical (unpaired) electrons. The van der Waals surface area contributed by atoms with E-state index in [1.165, 1.54) is 88.1 Å². The van der Waals surface area contributed by atoms with E-state index in [2.05, 4.69) is 194 Å². The third-order valence-corrected chi connectivity index (χ3v) is 11.8. The summed E-state index contributed by atoms with van der Waals surface area (Å²) in [6.45, 7) is 2.22. The number of aryl methyl sites for hydroxylation is 1. The minimum Gasteiger partial charge on any atom is -0.310 e. The molecule has 244 valence electrons. The Kier molecular flexibility index (Phi) is 6.22. The van der Waals surface area contributed by atoms with Crippen molar-refractivity contribution in [2.45, 2.75) is 18.8 Å². The molecular weight excluding hydrogens is 627 g/mol. The van der Waals surface area contributed by atoms with Gasteiger partial charge in [0.05, 0.1) is 11.1 Å². The van der Waals surface area contributed by atoms with Gasteiger partial charge >= 0.3 is 0 Å². The first-order chi connectivity index (χ1) is 25.8. The van der Waals surface area contributed by atoms with Crippen LogP contribution in [0.2, 0.25) is 0 Å². The number of nitrogens with zero attached hydrogens (tertiary/aromatic N) is 1. The van der Waals surface area contributed by atoms with Crippen molar-refractivity contribution in [2.75, 3.05) is 4.90 Å². The van der Waals surface area contributed by atoms with Gasteiger partial charge in [-0.1, -0.05) is 159 Å². The first-order valence-electron chi connectivity index (χ1n) is 18.4.